The maximum absolute atomic E-state index is 13.4. The zero-order chi connectivity index (χ0) is 24.9. The van der Waals surface area contributed by atoms with Gasteiger partial charge in [-0.25, -0.2) is 0 Å². The number of carboxylic acid groups (broad SMARTS) is 1. The fourth-order valence-corrected chi connectivity index (χ4v) is 4.68. The van der Waals surface area contributed by atoms with Crippen molar-refractivity contribution in [2.45, 2.75) is 26.3 Å². The van der Waals surface area contributed by atoms with Crippen molar-refractivity contribution in [1.29, 1.82) is 0 Å². The summed E-state index contributed by atoms with van der Waals surface area (Å²) in [6.07, 6.45) is 3.81. The molecule has 0 radical (unpaired) electrons. The lowest BCUT2D eigenvalue weighted by Gasteiger charge is -2.19. The molecule has 8 nitrogen and oxygen atoms in total. The van der Waals surface area contributed by atoms with Crippen LogP contribution in [0.4, 0.5) is 5.00 Å². The van der Waals surface area contributed by atoms with Crippen molar-refractivity contribution >= 4 is 44.9 Å². The van der Waals surface area contributed by atoms with Crippen LogP contribution in [0, 0.1) is 0 Å². The number of carbonyl (C=O) groups is 3. The molecule has 1 N–H and O–H groups in total. The van der Waals surface area contributed by atoms with Crippen LogP contribution in [0.25, 0.3) is 10.9 Å². The van der Waals surface area contributed by atoms with Gasteiger partial charge in [0.15, 0.2) is 5.78 Å². The average Bonchev–Trinajstić information content (AvgIpc) is 3.51. The molecule has 0 saturated heterocycles. The molecule has 2 aromatic heterocycles. The van der Waals surface area contributed by atoms with E-state index in [1.165, 1.54) is 11.3 Å². The molecule has 0 aliphatic rings. The maximum atomic E-state index is 13.4. The van der Waals surface area contributed by atoms with Crippen LogP contribution in [-0.4, -0.2) is 46.0 Å². The molecule has 0 fully saturated rings. The third kappa shape index (κ3) is 5.25. The van der Waals surface area contributed by atoms with Gasteiger partial charge in [0.1, 0.15) is 17.3 Å². The number of nitrogens with zero attached hydrogens (tertiary/aromatic N) is 3. The monoisotopic (exact) mass is 491 g/mol. The number of ketones is 1. The second-order valence-electron chi connectivity index (χ2n) is 7.95. The van der Waals surface area contributed by atoms with Crippen molar-refractivity contribution in [3.05, 3.63) is 77.1 Å². The Morgan fingerprint density at radius 2 is 1.91 bits per heavy atom. The van der Waals surface area contributed by atoms with E-state index in [1.54, 1.807) is 64.8 Å². The van der Waals surface area contributed by atoms with Gasteiger partial charge in [-0.3, -0.25) is 19.4 Å². The SMILES string of the molecule is CCN(C(=O)Cn1cc(C(=O)c2ccc(CCC(=O)O)cc2)c2ccc(OC)cc21)c1cncs1. The summed E-state index contributed by atoms with van der Waals surface area (Å²) >= 11 is 1.40. The second kappa shape index (κ2) is 10.5. The molecule has 9 heteroatoms. The van der Waals surface area contributed by atoms with Crippen LogP contribution in [0.1, 0.15) is 34.8 Å². The smallest absolute Gasteiger partial charge is 0.303 e. The number of ether oxygens (including phenoxy) is 1. The number of fused-ring (bicyclic) bond motifs is 1. The minimum absolute atomic E-state index is 0.0347. The lowest BCUT2D eigenvalue weighted by atomic mass is 10.0. The number of amides is 1. The quantitative estimate of drug-likeness (QED) is 0.330. The summed E-state index contributed by atoms with van der Waals surface area (Å²) < 4.78 is 7.15. The van der Waals surface area contributed by atoms with Crippen molar-refractivity contribution in [2.24, 2.45) is 0 Å². The third-order valence-corrected chi connectivity index (χ3v) is 6.58. The number of methoxy groups -OCH3 is 1. The summed E-state index contributed by atoms with van der Waals surface area (Å²) in [7, 11) is 1.57. The molecule has 4 aromatic rings. The van der Waals surface area contributed by atoms with E-state index >= 15 is 0 Å². The summed E-state index contributed by atoms with van der Waals surface area (Å²) in [6, 6.07) is 12.4. The largest absolute Gasteiger partial charge is 0.497 e. The Morgan fingerprint density at radius 1 is 1.14 bits per heavy atom. The van der Waals surface area contributed by atoms with E-state index in [9.17, 15) is 14.4 Å². The Bertz CT molecular complexity index is 1360. The first-order valence-corrected chi connectivity index (χ1v) is 12.0. The van der Waals surface area contributed by atoms with Gasteiger partial charge in [-0.05, 0) is 31.0 Å². The molecule has 0 aliphatic carbocycles. The number of hydrogen-bond acceptors (Lipinski definition) is 6. The van der Waals surface area contributed by atoms with Crippen molar-refractivity contribution in [3.63, 3.8) is 0 Å². The van der Waals surface area contributed by atoms with Crippen LogP contribution >= 0.6 is 11.3 Å². The topological polar surface area (TPSA) is 102 Å². The van der Waals surface area contributed by atoms with Gasteiger partial charge in [0.25, 0.3) is 0 Å². The van der Waals surface area contributed by atoms with Gasteiger partial charge in [0, 0.05) is 41.7 Å². The molecule has 180 valence electrons. The van der Waals surface area contributed by atoms with Gasteiger partial charge in [0.2, 0.25) is 5.91 Å². The highest BCUT2D eigenvalue weighted by Gasteiger charge is 2.21. The number of thiazole rings is 1. The highest BCUT2D eigenvalue weighted by Crippen LogP contribution is 2.29. The van der Waals surface area contributed by atoms with Gasteiger partial charge in [-0.15, -0.1) is 11.3 Å². The van der Waals surface area contributed by atoms with Gasteiger partial charge >= 0.3 is 5.97 Å². The van der Waals surface area contributed by atoms with Crippen molar-refractivity contribution < 1.29 is 24.2 Å². The predicted molar refractivity (Wildman–Crippen MR) is 134 cm³/mol. The molecule has 0 bridgehead atoms. The Hall–Kier alpha value is -3.98. The molecule has 1 amide bonds. The number of aromatic nitrogens is 2. The molecule has 0 aliphatic heterocycles. The highest BCUT2D eigenvalue weighted by atomic mass is 32.1. The van der Waals surface area contributed by atoms with Gasteiger partial charge in [-0.2, -0.15) is 0 Å². The van der Waals surface area contributed by atoms with E-state index in [-0.39, 0.29) is 24.7 Å². The highest BCUT2D eigenvalue weighted by molar-refractivity contribution is 7.14. The number of likely N-dealkylation sites (N-methyl/N-ethyl adjacent to an activating group) is 1. The van der Waals surface area contributed by atoms with E-state index in [2.05, 4.69) is 4.98 Å². The first-order chi connectivity index (χ1) is 16.9. The zero-order valence-corrected chi connectivity index (χ0v) is 20.2. The number of anilines is 1. The van der Waals surface area contributed by atoms with Gasteiger partial charge in [-0.1, -0.05) is 24.3 Å². The minimum Gasteiger partial charge on any atom is -0.497 e. The molecular formula is C26H25N3O5S. The number of carbonyl (C=O) groups excluding carboxylic acids is 2. The van der Waals surface area contributed by atoms with Crippen LogP contribution < -0.4 is 9.64 Å². The van der Waals surface area contributed by atoms with E-state index in [4.69, 9.17) is 9.84 Å². The van der Waals surface area contributed by atoms with Gasteiger partial charge in [0.05, 0.1) is 24.3 Å². The van der Waals surface area contributed by atoms with Crippen LogP contribution in [-0.2, 0) is 22.6 Å². The molecule has 2 aromatic carbocycles. The summed E-state index contributed by atoms with van der Waals surface area (Å²) in [4.78, 5) is 43.1. The van der Waals surface area contributed by atoms with Crippen LogP contribution in [0.5, 0.6) is 5.75 Å². The molecule has 4 rings (SSSR count). The number of rotatable bonds is 10. The Morgan fingerprint density at radius 3 is 2.54 bits per heavy atom. The second-order valence-corrected chi connectivity index (χ2v) is 8.82. The number of aryl methyl sites for hydroxylation is 1. The van der Waals surface area contributed by atoms with E-state index in [0.29, 0.717) is 29.8 Å². The van der Waals surface area contributed by atoms with Crippen LogP contribution in [0.15, 0.2) is 60.4 Å². The van der Waals surface area contributed by atoms with Crippen LogP contribution in [0.3, 0.4) is 0 Å². The molecule has 0 atom stereocenters. The zero-order valence-electron chi connectivity index (χ0n) is 19.4. The van der Waals surface area contributed by atoms with Crippen molar-refractivity contribution in [1.82, 2.24) is 9.55 Å². The molecule has 0 saturated carbocycles. The number of benzene rings is 2. The van der Waals surface area contributed by atoms with E-state index < -0.39 is 5.97 Å². The Kier molecular flexibility index (Phi) is 7.26. The fraction of sp³-hybridized carbons (Fsp3) is 0.231. The lowest BCUT2D eigenvalue weighted by molar-refractivity contribution is -0.137. The average molecular weight is 492 g/mol. The summed E-state index contributed by atoms with van der Waals surface area (Å²) in [5.74, 6) is -0.523. The third-order valence-electron chi connectivity index (χ3n) is 5.79. The Balaban J connectivity index is 1.66. The molecule has 2 heterocycles. The van der Waals surface area contributed by atoms with Crippen molar-refractivity contribution in [2.75, 3.05) is 18.6 Å². The number of carboxylic acids is 1. The first kappa shape index (κ1) is 24.2. The molecule has 35 heavy (non-hydrogen) atoms. The fourth-order valence-electron chi connectivity index (χ4n) is 3.97. The maximum Gasteiger partial charge on any atom is 0.303 e. The molecule has 0 unspecified atom stereocenters. The van der Waals surface area contributed by atoms with Crippen molar-refractivity contribution in [3.8, 4) is 5.75 Å². The van der Waals surface area contributed by atoms with E-state index in [0.717, 1.165) is 21.5 Å². The number of aliphatic carboxylic acids is 1. The van der Waals surface area contributed by atoms with E-state index in [1.807, 2.05) is 19.1 Å². The summed E-state index contributed by atoms with van der Waals surface area (Å²) in [6.45, 7) is 2.46. The predicted octanol–water partition coefficient (Wildman–Crippen LogP) is 4.41. The number of hydrogen-bond donors (Lipinski definition) is 1. The lowest BCUT2D eigenvalue weighted by Crippen LogP contribution is -2.32. The van der Waals surface area contributed by atoms with Crippen LogP contribution in [0.2, 0.25) is 0 Å². The Labute approximate surface area is 206 Å². The normalized spacial score (nSPS) is 10.9. The first-order valence-electron chi connectivity index (χ1n) is 11.1. The summed E-state index contributed by atoms with van der Waals surface area (Å²) in [5.41, 5.74) is 4.23. The summed E-state index contributed by atoms with van der Waals surface area (Å²) in [5, 5.41) is 10.4. The molecule has 0 spiro atoms. The van der Waals surface area contributed by atoms with Gasteiger partial charge < -0.3 is 19.3 Å². The molecular weight excluding hydrogens is 466 g/mol. The minimum atomic E-state index is -0.861. The standard InChI is InChI=1S/C26H25N3O5S/c1-3-29(24-13-27-16-35-24)23(30)15-28-14-21(20-10-9-19(34-2)12-22(20)28)26(33)18-7-4-17(5-8-18)6-11-25(31)32/h4-5,7-10,12-14,16H,3,6,11,15H2,1-2H3,(H,31,32).